The summed E-state index contributed by atoms with van der Waals surface area (Å²) in [4.78, 5) is 8.49. The number of anilines is 1. The third-order valence-corrected chi connectivity index (χ3v) is 2.48. The number of nitrogens with one attached hydrogen (secondary N) is 1. The Kier molecular flexibility index (Phi) is 4.47. The zero-order valence-corrected chi connectivity index (χ0v) is 11.3. The predicted molar refractivity (Wildman–Crippen MR) is 73.5 cm³/mol. The maximum absolute atomic E-state index is 8.75. The van der Waals surface area contributed by atoms with Crippen LogP contribution < -0.4 is 10.1 Å². The molecule has 0 aliphatic rings. The maximum Gasteiger partial charge on any atom is 0.224 e. The molecule has 0 saturated heterocycles. The highest BCUT2D eigenvalue weighted by Gasteiger charge is 2.06. The number of aromatic nitrogens is 2. The van der Waals surface area contributed by atoms with E-state index in [1.54, 1.807) is 44.5 Å². The van der Waals surface area contributed by atoms with Gasteiger partial charge in [0.1, 0.15) is 18.2 Å². The fraction of sp³-hybridized carbons (Fsp3) is 0.214. The monoisotopic (exact) mass is 270 g/mol. The van der Waals surface area contributed by atoms with E-state index in [-0.39, 0.29) is 0 Å². The summed E-state index contributed by atoms with van der Waals surface area (Å²) in [7, 11) is 3.35. The molecule has 0 bridgehead atoms. The second-order valence-corrected chi connectivity index (χ2v) is 3.93. The van der Waals surface area contributed by atoms with Crippen molar-refractivity contribution in [3.05, 3.63) is 41.7 Å². The van der Waals surface area contributed by atoms with Crippen LogP contribution in [0.3, 0.4) is 0 Å². The normalized spacial score (nSPS) is 9.85. The van der Waals surface area contributed by atoms with Gasteiger partial charge in [-0.1, -0.05) is 0 Å². The molecular weight excluding hydrogens is 256 g/mol. The lowest BCUT2D eigenvalue weighted by Gasteiger charge is -2.08. The highest BCUT2D eigenvalue weighted by atomic mass is 16.5. The van der Waals surface area contributed by atoms with Crippen LogP contribution >= 0.6 is 0 Å². The van der Waals surface area contributed by atoms with Crippen LogP contribution in [0.1, 0.15) is 11.4 Å². The summed E-state index contributed by atoms with van der Waals surface area (Å²) in [6.07, 6.45) is 0. The molecule has 0 aliphatic heterocycles. The zero-order chi connectivity index (χ0) is 14.4. The molecule has 2 aromatic rings. The molecule has 1 aromatic carbocycles. The summed E-state index contributed by atoms with van der Waals surface area (Å²) in [5.41, 5.74) is 0.580. The summed E-state index contributed by atoms with van der Waals surface area (Å²) in [6.45, 7) is 0.305. The average molecular weight is 270 g/mol. The molecule has 0 amide bonds. The molecule has 0 spiro atoms. The largest absolute Gasteiger partial charge is 0.439 e. The second kappa shape index (κ2) is 6.50. The molecule has 0 unspecified atom stereocenters. The standard InChI is InChI=1S/C14H14N4O2/c1-16-12-7-14(18-13(17-12)9-19-2)20-11-5-3-10(8-15)4-6-11/h3-7H,9H2,1-2H3,(H,16,17,18). The first-order valence-electron chi connectivity index (χ1n) is 5.98. The minimum absolute atomic E-state index is 0.305. The molecule has 0 radical (unpaired) electrons. The Morgan fingerprint density at radius 2 is 2.00 bits per heavy atom. The Hall–Kier alpha value is -2.65. The highest BCUT2D eigenvalue weighted by molar-refractivity contribution is 5.40. The number of rotatable bonds is 5. The Labute approximate surface area is 117 Å². The van der Waals surface area contributed by atoms with Gasteiger partial charge in [0.15, 0.2) is 5.82 Å². The maximum atomic E-state index is 8.75. The van der Waals surface area contributed by atoms with Crippen molar-refractivity contribution in [2.24, 2.45) is 0 Å². The van der Waals surface area contributed by atoms with Crippen molar-refractivity contribution in [3.8, 4) is 17.7 Å². The van der Waals surface area contributed by atoms with Gasteiger partial charge in [-0.3, -0.25) is 0 Å². The minimum Gasteiger partial charge on any atom is -0.439 e. The van der Waals surface area contributed by atoms with Gasteiger partial charge in [0.25, 0.3) is 0 Å². The Bertz CT molecular complexity index is 620. The Morgan fingerprint density at radius 3 is 2.60 bits per heavy atom. The van der Waals surface area contributed by atoms with Crippen molar-refractivity contribution in [1.82, 2.24) is 9.97 Å². The molecule has 0 aliphatic carbocycles. The van der Waals surface area contributed by atoms with Crippen LogP contribution in [0.25, 0.3) is 0 Å². The summed E-state index contributed by atoms with van der Waals surface area (Å²) >= 11 is 0. The number of nitrogens with zero attached hydrogens (tertiary/aromatic N) is 3. The van der Waals surface area contributed by atoms with Gasteiger partial charge >= 0.3 is 0 Å². The molecule has 0 saturated carbocycles. The van der Waals surface area contributed by atoms with Crippen LogP contribution in [0.4, 0.5) is 5.82 Å². The van der Waals surface area contributed by atoms with Crippen molar-refractivity contribution < 1.29 is 9.47 Å². The van der Waals surface area contributed by atoms with E-state index in [1.165, 1.54) is 0 Å². The SMILES string of the molecule is CNc1cc(Oc2ccc(C#N)cc2)nc(COC)n1. The average Bonchev–Trinajstić information content (AvgIpc) is 2.48. The molecule has 0 atom stereocenters. The van der Waals surface area contributed by atoms with Crippen molar-refractivity contribution in [2.45, 2.75) is 6.61 Å². The minimum atomic E-state index is 0.305. The first-order chi connectivity index (χ1) is 9.75. The number of ether oxygens (including phenoxy) is 2. The molecule has 1 heterocycles. The van der Waals surface area contributed by atoms with E-state index >= 15 is 0 Å². The van der Waals surface area contributed by atoms with Crippen LogP contribution in [-0.4, -0.2) is 24.1 Å². The van der Waals surface area contributed by atoms with Crippen LogP contribution in [0.15, 0.2) is 30.3 Å². The fourth-order valence-electron chi connectivity index (χ4n) is 1.57. The topological polar surface area (TPSA) is 80.1 Å². The molecule has 1 aromatic heterocycles. The first-order valence-corrected chi connectivity index (χ1v) is 5.98. The van der Waals surface area contributed by atoms with E-state index < -0.39 is 0 Å². The third kappa shape index (κ3) is 3.43. The van der Waals surface area contributed by atoms with E-state index in [1.807, 2.05) is 0 Å². The molecular formula is C14H14N4O2. The van der Waals surface area contributed by atoms with Crippen LogP contribution in [0, 0.1) is 11.3 Å². The smallest absolute Gasteiger partial charge is 0.224 e. The Morgan fingerprint density at radius 1 is 1.25 bits per heavy atom. The van der Waals surface area contributed by atoms with Crippen LogP contribution in [-0.2, 0) is 11.3 Å². The quantitative estimate of drug-likeness (QED) is 0.898. The number of methoxy groups -OCH3 is 1. The van der Waals surface area contributed by atoms with E-state index in [0.717, 1.165) is 0 Å². The molecule has 0 fully saturated rings. The van der Waals surface area contributed by atoms with Crippen molar-refractivity contribution in [2.75, 3.05) is 19.5 Å². The summed E-state index contributed by atoms with van der Waals surface area (Å²) < 4.78 is 10.7. The molecule has 20 heavy (non-hydrogen) atoms. The lowest BCUT2D eigenvalue weighted by molar-refractivity contribution is 0.177. The van der Waals surface area contributed by atoms with Gasteiger partial charge in [-0.2, -0.15) is 10.2 Å². The number of hydrogen-bond acceptors (Lipinski definition) is 6. The predicted octanol–water partition coefficient (Wildman–Crippen LogP) is 2.33. The number of nitriles is 1. The van der Waals surface area contributed by atoms with Crippen molar-refractivity contribution in [1.29, 1.82) is 5.26 Å². The van der Waals surface area contributed by atoms with Crippen LogP contribution in [0.5, 0.6) is 11.6 Å². The highest BCUT2D eigenvalue weighted by Crippen LogP contribution is 2.22. The van der Waals surface area contributed by atoms with E-state index in [0.29, 0.717) is 35.4 Å². The number of benzene rings is 1. The first kappa shape index (κ1) is 13.8. The summed E-state index contributed by atoms with van der Waals surface area (Å²) in [5.74, 6) is 2.20. The zero-order valence-electron chi connectivity index (χ0n) is 11.3. The Balaban J connectivity index is 2.22. The lowest BCUT2D eigenvalue weighted by Crippen LogP contribution is -2.02. The molecule has 6 heteroatoms. The van der Waals surface area contributed by atoms with Gasteiger partial charge < -0.3 is 14.8 Å². The summed E-state index contributed by atoms with van der Waals surface area (Å²) in [6, 6.07) is 10.6. The second-order valence-electron chi connectivity index (χ2n) is 3.93. The third-order valence-electron chi connectivity index (χ3n) is 2.48. The molecule has 2 rings (SSSR count). The molecule has 1 N–H and O–H groups in total. The number of hydrogen-bond donors (Lipinski definition) is 1. The van der Waals surface area contributed by atoms with Crippen molar-refractivity contribution in [3.63, 3.8) is 0 Å². The van der Waals surface area contributed by atoms with E-state index in [2.05, 4.69) is 21.4 Å². The van der Waals surface area contributed by atoms with Gasteiger partial charge in [-0.15, -0.1) is 0 Å². The fourth-order valence-corrected chi connectivity index (χ4v) is 1.57. The lowest BCUT2D eigenvalue weighted by atomic mass is 10.2. The molecule has 102 valence electrons. The molecule has 6 nitrogen and oxygen atoms in total. The van der Waals surface area contributed by atoms with Gasteiger partial charge in [0, 0.05) is 20.2 Å². The van der Waals surface area contributed by atoms with Crippen molar-refractivity contribution >= 4 is 5.82 Å². The van der Waals surface area contributed by atoms with E-state index in [4.69, 9.17) is 14.7 Å². The van der Waals surface area contributed by atoms with Gasteiger partial charge in [0.05, 0.1) is 11.6 Å². The van der Waals surface area contributed by atoms with E-state index in [9.17, 15) is 0 Å². The van der Waals surface area contributed by atoms with Gasteiger partial charge in [-0.25, -0.2) is 4.98 Å². The van der Waals surface area contributed by atoms with Gasteiger partial charge in [-0.05, 0) is 24.3 Å². The summed E-state index contributed by atoms with van der Waals surface area (Å²) in [5, 5.41) is 11.7. The van der Waals surface area contributed by atoms with Gasteiger partial charge in [0.2, 0.25) is 5.88 Å². The van der Waals surface area contributed by atoms with Crippen LogP contribution in [0.2, 0.25) is 0 Å².